The van der Waals surface area contributed by atoms with Crippen LogP contribution in [0.15, 0.2) is 89.7 Å². The van der Waals surface area contributed by atoms with Gasteiger partial charge in [-0.25, -0.2) is 9.07 Å². The lowest BCUT2D eigenvalue weighted by Crippen LogP contribution is -2.29. The predicted molar refractivity (Wildman–Crippen MR) is 120 cm³/mol. The quantitative estimate of drug-likeness (QED) is 0.453. The molecule has 33 heavy (non-hydrogen) atoms. The Morgan fingerprint density at radius 3 is 2.61 bits per heavy atom. The van der Waals surface area contributed by atoms with Crippen LogP contribution in [0.3, 0.4) is 0 Å². The molecule has 0 unspecified atom stereocenters. The van der Waals surface area contributed by atoms with Crippen LogP contribution in [0.1, 0.15) is 16.1 Å². The van der Waals surface area contributed by atoms with E-state index >= 15 is 0 Å². The second-order valence-corrected chi connectivity index (χ2v) is 7.26. The summed E-state index contributed by atoms with van der Waals surface area (Å²) in [6, 6.07) is 23.4. The van der Waals surface area contributed by atoms with Crippen molar-refractivity contribution in [3.8, 4) is 11.4 Å². The highest BCUT2D eigenvalue weighted by molar-refractivity contribution is 5.92. The van der Waals surface area contributed by atoms with Crippen LogP contribution in [0.4, 0.5) is 4.39 Å². The Morgan fingerprint density at radius 1 is 0.909 bits per heavy atom. The molecule has 0 bridgehead atoms. The van der Waals surface area contributed by atoms with Gasteiger partial charge in [0.25, 0.3) is 11.5 Å². The summed E-state index contributed by atoms with van der Waals surface area (Å²) >= 11 is 0. The Morgan fingerprint density at radius 2 is 1.73 bits per heavy atom. The molecule has 162 valence electrons. The molecule has 3 aromatic carbocycles. The first-order valence-electron chi connectivity index (χ1n) is 10.1. The van der Waals surface area contributed by atoms with Gasteiger partial charge in [0, 0.05) is 12.6 Å². The van der Waals surface area contributed by atoms with Crippen LogP contribution in [-0.2, 0) is 6.54 Å². The Bertz CT molecular complexity index is 1540. The largest absolute Gasteiger partial charge is 0.347 e. The number of amides is 1. The van der Waals surface area contributed by atoms with Gasteiger partial charge in [0.15, 0.2) is 0 Å². The molecule has 0 saturated heterocycles. The first-order chi connectivity index (χ1) is 16.1. The first kappa shape index (κ1) is 20.3. The number of hydrogen-bond donors (Lipinski definition) is 1. The highest BCUT2D eigenvalue weighted by Crippen LogP contribution is 2.17. The van der Waals surface area contributed by atoms with Gasteiger partial charge in [0.2, 0.25) is 0 Å². The predicted octanol–water partition coefficient (Wildman–Crippen LogP) is 3.04. The molecule has 2 aromatic heterocycles. The summed E-state index contributed by atoms with van der Waals surface area (Å²) in [4.78, 5) is 24.8. The molecule has 5 aromatic rings. The molecule has 5 rings (SSSR count). The number of carbonyl (C=O) groups is 1. The fraction of sp³-hybridized carbons (Fsp3) is 0.0417. The Labute approximate surface area is 186 Å². The van der Waals surface area contributed by atoms with Crippen molar-refractivity contribution in [2.45, 2.75) is 6.54 Å². The molecule has 8 nitrogen and oxygen atoms in total. The van der Waals surface area contributed by atoms with E-state index < -0.39 is 17.3 Å². The molecular weight excluding hydrogens is 423 g/mol. The topological polar surface area (TPSA) is 94.7 Å². The van der Waals surface area contributed by atoms with Crippen molar-refractivity contribution in [2.75, 3.05) is 0 Å². The van der Waals surface area contributed by atoms with Gasteiger partial charge in [-0.15, -0.1) is 5.10 Å². The van der Waals surface area contributed by atoms with Crippen molar-refractivity contribution in [1.29, 1.82) is 0 Å². The van der Waals surface area contributed by atoms with E-state index in [-0.39, 0.29) is 17.9 Å². The Balaban J connectivity index is 1.36. The summed E-state index contributed by atoms with van der Waals surface area (Å²) in [7, 11) is 0. The zero-order valence-corrected chi connectivity index (χ0v) is 17.2. The van der Waals surface area contributed by atoms with Crippen molar-refractivity contribution in [1.82, 2.24) is 30.1 Å². The van der Waals surface area contributed by atoms with Gasteiger partial charge in [-0.2, -0.15) is 9.78 Å². The lowest BCUT2D eigenvalue weighted by atomic mass is 10.2. The summed E-state index contributed by atoms with van der Waals surface area (Å²) in [5, 5.41) is 15.2. The Kier molecular flexibility index (Phi) is 5.19. The van der Waals surface area contributed by atoms with Crippen molar-refractivity contribution in [2.24, 2.45) is 0 Å². The van der Waals surface area contributed by atoms with Crippen LogP contribution in [-0.4, -0.2) is 30.7 Å². The molecular formula is C24H17FN6O2. The maximum Gasteiger partial charge on any atom is 0.272 e. The number of nitrogens with zero attached hydrogens (tertiary/aromatic N) is 5. The van der Waals surface area contributed by atoms with Crippen LogP contribution >= 0.6 is 0 Å². The van der Waals surface area contributed by atoms with Crippen molar-refractivity contribution >= 4 is 16.9 Å². The fourth-order valence-electron chi connectivity index (χ4n) is 3.46. The summed E-state index contributed by atoms with van der Waals surface area (Å²) in [6.07, 6.45) is 0. The standard InChI is InChI=1S/C24H17FN6O2/c25-18-8-1-3-10-21(18)31-23(32)13-12-20(28-31)24(33)26-15-16-6-5-7-17(14-16)30-22-11-4-2-9-19(22)27-29-30/h1-14H,15H2,(H,26,33). The molecule has 9 heteroatoms. The summed E-state index contributed by atoms with van der Waals surface area (Å²) in [5.74, 6) is -1.10. The fourth-order valence-corrected chi connectivity index (χ4v) is 3.46. The van der Waals surface area contributed by atoms with Crippen LogP contribution in [0.5, 0.6) is 0 Å². The first-order valence-corrected chi connectivity index (χ1v) is 10.1. The Hall–Kier alpha value is -4.66. The van der Waals surface area contributed by atoms with Gasteiger partial charge < -0.3 is 5.32 Å². The normalized spacial score (nSPS) is 10.9. The minimum atomic E-state index is -0.609. The van der Waals surface area contributed by atoms with Crippen LogP contribution in [0.2, 0.25) is 0 Å². The molecule has 0 aliphatic heterocycles. The zero-order chi connectivity index (χ0) is 22.8. The number of aromatic nitrogens is 5. The highest BCUT2D eigenvalue weighted by Gasteiger charge is 2.13. The van der Waals surface area contributed by atoms with Crippen molar-refractivity contribution in [3.05, 3.63) is 112 Å². The van der Waals surface area contributed by atoms with Crippen LogP contribution < -0.4 is 10.9 Å². The third kappa shape index (κ3) is 3.99. The maximum absolute atomic E-state index is 14.1. The number of fused-ring (bicyclic) bond motifs is 1. The average molecular weight is 440 g/mol. The smallest absolute Gasteiger partial charge is 0.272 e. The maximum atomic E-state index is 14.1. The number of halogens is 1. The monoisotopic (exact) mass is 440 g/mol. The van der Waals surface area contributed by atoms with E-state index in [1.165, 1.54) is 30.3 Å². The molecule has 0 fully saturated rings. The van der Waals surface area contributed by atoms with E-state index in [0.717, 1.165) is 27.0 Å². The van der Waals surface area contributed by atoms with Crippen molar-refractivity contribution < 1.29 is 9.18 Å². The van der Waals surface area contributed by atoms with Gasteiger partial charge in [0.05, 0.1) is 11.2 Å². The molecule has 1 amide bonds. The van der Waals surface area contributed by atoms with Crippen LogP contribution in [0.25, 0.3) is 22.4 Å². The van der Waals surface area contributed by atoms with Gasteiger partial charge >= 0.3 is 0 Å². The number of benzene rings is 3. The van der Waals surface area contributed by atoms with E-state index in [1.807, 2.05) is 48.5 Å². The van der Waals surface area contributed by atoms with Gasteiger partial charge in [0.1, 0.15) is 22.7 Å². The number of para-hydroxylation sites is 2. The number of rotatable bonds is 5. The molecule has 0 aliphatic carbocycles. The SMILES string of the molecule is O=C(NCc1cccc(-n2nnc3ccccc32)c1)c1ccc(=O)n(-c2ccccc2F)n1. The molecule has 0 aliphatic rings. The van der Waals surface area contributed by atoms with E-state index in [1.54, 1.807) is 10.7 Å². The summed E-state index contributed by atoms with van der Waals surface area (Å²) < 4.78 is 16.7. The summed E-state index contributed by atoms with van der Waals surface area (Å²) in [6.45, 7) is 0.222. The number of carbonyl (C=O) groups excluding carboxylic acids is 1. The van der Waals surface area contributed by atoms with Crippen LogP contribution in [0, 0.1) is 5.82 Å². The second kappa shape index (κ2) is 8.46. The van der Waals surface area contributed by atoms with E-state index in [2.05, 4.69) is 20.7 Å². The third-order valence-electron chi connectivity index (χ3n) is 5.07. The molecule has 0 radical (unpaired) electrons. The molecule has 1 N–H and O–H groups in total. The average Bonchev–Trinajstić information content (AvgIpc) is 3.28. The molecule has 0 spiro atoms. The zero-order valence-electron chi connectivity index (χ0n) is 17.2. The van der Waals surface area contributed by atoms with Crippen molar-refractivity contribution in [3.63, 3.8) is 0 Å². The lowest BCUT2D eigenvalue weighted by molar-refractivity contribution is 0.0944. The molecule has 0 saturated carbocycles. The molecule has 0 atom stereocenters. The van der Waals surface area contributed by atoms with Gasteiger partial charge in [-0.05, 0) is 48.0 Å². The number of hydrogen-bond acceptors (Lipinski definition) is 5. The number of nitrogens with one attached hydrogen (secondary N) is 1. The van der Waals surface area contributed by atoms with E-state index in [4.69, 9.17) is 0 Å². The van der Waals surface area contributed by atoms with E-state index in [9.17, 15) is 14.0 Å². The van der Waals surface area contributed by atoms with E-state index in [0.29, 0.717) is 0 Å². The minimum Gasteiger partial charge on any atom is -0.347 e. The highest BCUT2D eigenvalue weighted by atomic mass is 19.1. The summed E-state index contributed by atoms with van der Waals surface area (Å²) in [5.41, 5.74) is 2.74. The lowest BCUT2D eigenvalue weighted by Gasteiger charge is -2.09. The van der Waals surface area contributed by atoms with Gasteiger partial charge in [-0.3, -0.25) is 9.59 Å². The molecule has 2 heterocycles. The third-order valence-corrected chi connectivity index (χ3v) is 5.07. The second-order valence-electron chi connectivity index (χ2n) is 7.26. The van der Waals surface area contributed by atoms with Gasteiger partial charge in [-0.1, -0.05) is 41.6 Å². The minimum absolute atomic E-state index is 0.00345.